The van der Waals surface area contributed by atoms with E-state index in [-0.39, 0.29) is 11.9 Å². The van der Waals surface area contributed by atoms with Gasteiger partial charge in [0.05, 0.1) is 18.6 Å². The molecule has 0 atom stereocenters. The third kappa shape index (κ3) is 4.36. The van der Waals surface area contributed by atoms with Crippen LogP contribution in [0.4, 0.5) is 20.5 Å². The van der Waals surface area contributed by atoms with Gasteiger partial charge in [-0.15, -0.1) is 11.3 Å². The number of ether oxygens (including phenoxy) is 2. The first-order valence-corrected chi connectivity index (χ1v) is 12.9. The lowest BCUT2D eigenvalue weighted by Crippen LogP contribution is -2.46. The number of morpholine rings is 1. The van der Waals surface area contributed by atoms with Crippen molar-refractivity contribution in [2.24, 2.45) is 0 Å². The predicted molar refractivity (Wildman–Crippen MR) is 125 cm³/mol. The number of hydrogen-bond acceptors (Lipinski definition) is 8. The average Bonchev–Trinajstić information content (AvgIpc) is 3.57. The van der Waals surface area contributed by atoms with Crippen LogP contribution in [0.5, 0.6) is 5.88 Å². The number of rotatable bonds is 6. The Kier molecular flexibility index (Phi) is 6.08. The number of anilines is 2. The summed E-state index contributed by atoms with van der Waals surface area (Å²) >= 11 is 1.68. The van der Waals surface area contributed by atoms with E-state index in [1.54, 1.807) is 11.3 Å². The number of aryl methyl sites for hydroxylation is 2. The van der Waals surface area contributed by atoms with Crippen molar-refractivity contribution in [1.82, 2.24) is 24.6 Å². The highest BCUT2D eigenvalue weighted by atomic mass is 32.1. The highest BCUT2D eigenvalue weighted by molar-refractivity contribution is 7.19. The molecule has 3 aromatic heterocycles. The molecule has 1 aliphatic heterocycles. The number of hydrogen-bond donors (Lipinski definition) is 1. The Morgan fingerprint density at radius 1 is 1.12 bits per heavy atom. The molecule has 1 saturated carbocycles. The van der Waals surface area contributed by atoms with E-state index in [0.29, 0.717) is 22.6 Å². The average molecular weight is 491 g/mol. The van der Waals surface area contributed by atoms with Gasteiger partial charge in [-0.05, 0) is 50.5 Å². The van der Waals surface area contributed by atoms with Crippen LogP contribution in [0.2, 0.25) is 0 Å². The van der Waals surface area contributed by atoms with Gasteiger partial charge in [0, 0.05) is 36.3 Å². The Bertz CT molecular complexity index is 1150. The summed E-state index contributed by atoms with van der Waals surface area (Å²) < 4.78 is 38.4. The first-order valence-electron chi connectivity index (χ1n) is 12.0. The SMILES string of the molecule is FC(F)n1ccc(Nc2nc(OC3CCC(N4CCOCC4)CC3)c3c4c(sc3n2)CCC4)n1. The topological polar surface area (TPSA) is 77.3 Å². The van der Waals surface area contributed by atoms with E-state index in [4.69, 9.17) is 14.5 Å². The molecular formula is C23H28F2N6O2S. The standard InChI is InChI=1S/C23H28F2N6O2S/c24-22(25)31-9-8-18(29-31)26-23-27-20(19-16-2-1-3-17(16)34-21(19)28-23)33-15-6-4-14(5-7-15)30-10-12-32-13-11-30/h8-9,14-15,22H,1-7,10-13H2,(H,26,27,28,29). The first-order chi connectivity index (χ1) is 16.6. The third-order valence-electron chi connectivity index (χ3n) is 7.06. The summed E-state index contributed by atoms with van der Waals surface area (Å²) in [6.45, 7) is 0.986. The summed E-state index contributed by atoms with van der Waals surface area (Å²) in [7, 11) is 0. The van der Waals surface area contributed by atoms with Crippen molar-refractivity contribution in [3.63, 3.8) is 0 Å². The molecule has 0 aromatic carbocycles. The van der Waals surface area contributed by atoms with Crippen LogP contribution in [0.1, 0.15) is 49.1 Å². The molecule has 2 aliphatic carbocycles. The summed E-state index contributed by atoms with van der Waals surface area (Å²) in [5, 5.41) is 7.87. The van der Waals surface area contributed by atoms with Gasteiger partial charge < -0.3 is 14.8 Å². The molecule has 0 amide bonds. The number of aromatic nitrogens is 4. The van der Waals surface area contributed by atoms with E-state index in [1.807, 2.05) is 0 Å². The fraction of sp³-hybridized carbons (Fsp3) is 0.609. The van der Waals surface area contributed by atoms with Crippen molar-refractivity contribution in [2.45, 2.75) is 63.6 Å². The maximum absolute atomic E-state index is 12.9. The quantitative estimate of drug-likeness (QED) is 0.544. The monoisotopic (exact) mass is 490 g/mol. The van der Waals surface area contributed by atoms with Crippen LogP contribution in [-0.4, -0.2) is 63.1 Å². The highest BCUT2D eigenvalue weighted by Crippen LogP contribution is 2.42. The number of fused-ring (bicyclic) bond motifs is 3. The van der Waals surface area contributed by atoms with Gasteiger partial charge in [-0.25, -0.2) is 9.67 Å². The van der Waals surface area contributed by atoms with E-state index in [0.717, 1.165) is 81.5 Å². The van der Waals surface area contributed by atoms with Crippen LogP contribution < -0.4 is 10.1 Å². The molecule has 11 heteroatoms. The van der Waals surface area contributed by atoms with Crippen molar-refractivity contribution in [3.8, 4) is 5.88 Å². The number of nitrogens with zero attached hydrogens (tertiary/aromatic N) is 5. The number of nitrogens with one attached hydrogen (secondary N) is 1. The van der Waals surface area contributed by atoms with Crippen molar-refractivity contribution < 1.29 is 18.3 Å². The molecule has 8 nitrogen and oxygen atoms in total. The van der Waals surface area contributed by atoms with E-state index in [9.17, 15) is 8.78 Å². The van der Waals surface area contributed by atoms with Crippen LogP contribution in [-0.2, 0) is 17.6 Å². The smallest absolute Gasteiger partial charge is 0.333 e. The summed E-state index contributed by atoms with van der Waals surface area (Å²) in [5.41, 5.74) is 1.31. The zero-order chi connectivity index (χ0) is 23.1. The molecule has 1 saturated heterocycles. The molecule has 0 radical (unpaired) electrons. The largest absolute Gasteiger partial charge is 0.474 e. The zero-order valence-electron chi connectivity index (χ0n) is 18.9. The molecule has 4 heterocycles. The van der Waals surface area contributed by atoms with Crippen molar-refractivity contribution >= 4 is 33.3 Å². The molecular weight excluding hydrogens is 462 g/mol. The van der Waals surface area contributed by atoms with Gasteiger partial charge in [-0.3, -0.25) is 4.90 Å². The van der Waals surface area contributed by atoms with Gasteiger partial charge in [0.25, 0.3) is 0 Å². The van der Waals surface area contributed by atoms with Crippen LogP contribution in [0.25, 0.3) is 10.2 Å². The minimum Gasteiger partial charge on any atom is -0.474 e. The van der Waals surface area contributed by atoms with Crippen LogP contribution in [0.3, 0.4) is 0 Å². The Balaban J connectivity index is 1.23. The first kappa shape index (κ1) is 22.1. The van der Waals surface area contributed by atoms with Crippen LogP contribution in [0.15, 0.2) is 12.3 Å². The molecule has 3 aliphatic rings. The summed E-state index contributed by atoms with van der Waals surface area (Å²) in [6.07, 6.45) is 8.75. The predicted octanol–water partition coefficient (Wildman–Crippen LogP) is 4.54. The van der Waals surface area contributed by atoms with E-state index >= 15 is 0 Å². The minimum atomic E-state index is -2.69. The van der Waals surface area contributed by atoms with E-state index < -0.39 is 6.55 Å². The molecule has 6 rings (SSSR count). The van der Waals surface area contributed by atoms with Crippen molar-refractivity contribution in [3.05, 3.63) is 22.7 Å². The van der Waals surface area contributed by atoms with Gasteiger partial charge >= 0.3 is 6.55 Å². The highest BCUT2D eigenvalue weighted by Gasteiger charge is 2.30. The summed E-state index contributed by atoms with van der Waals surface area (Å²) in [6, 6.07) is 2.09. The minimum absolute atomic E-state index is 0.109. The normalized spacial score (nSPS) is 23.5. The Morgan fingerprint density at radius 3 is 2.71 bits per heavy atom. The zero-order valence-corrected chi connectivity index (χ0v) is 19.7. The molecule has 0 unspecified atom stereocenters. The van der Waals surface area contributed by atoms with E-state index in [1.165, 1.54) is 22.7 Å². The summed E-state index contributed by atoms with van der Waals surface area (Å²) in [5.74, 6) is 1.21. The van der Waals surface area contributed by atoms with E-state index in [2.05, 4.69) is 20.3 Å². The fourth-order valence-electron chi connectivity index (χ4n) is 5.36. The van der Waals surface area contributed by atoms with Crippen molar-refractivity contribution in [2.75, 3.05) is 31.6 Å². The summed E-state index contributed by atoms with van der Waals surface area (Å²) in [4.78, 5) is 14.2. The second-order valence-electron chi connectivity index (χ2n) is 9.17. The molecule has 3 aromatic rings. The molecule has 2 fully saturated rings. The lowest BCUT2D eigenvalue weighted by atomic mass is 9.91. The number of alkyl halides is 2. The maximum Gasteiger partial charge on any atom is 0.333 e. The Labute approximate surface area is 200 Å². The van der Waals surface area contributed by atoms with Gasteiger partial charge in [-0.2, -0.15) is 18.9 Å². The van der Waals surface area contributed by atoms with Crippen LogP contribution >= 0.6 is 11.3 Å². The third-order valence-corrected chi connectivity index (χ3v) is 8.25. The van der Waals surface area contributed by atoms with Crippen molar-refractivity contribution in [1.29, 1.82) is 0 Å². The molecule has 182 valence electrons. The fourth-order valence-corrected chi connectivity index (χ4v) is 6.61. The number of halogens is 2. The molecule has 1 N–H and O–H groups in total. The van der Waals surface area contributed by atoms with Gasteiger partial charge in [0.15, 0.2) is 5.82 Å². The second-order valence-corrected chi connectivity index (χ2v) is 10.3. The van der Waals surface area contributed by atoms with Gasteiger partial charge in [-0.1, -0.05) is 0 Å². The lowest BCUT2D eigenvalue weighted by Gasteiger charge is -2.38. The van der Waals surface area contributed by atoms with Gasteiger partial charge in [0.2, 0.25) is 11.8 Å². The Morgan fingerprint density at radius 2 is 1.94 bits per heavy atom. The molecule has 0 spiro atoms. The Hall–Kier alpha value is -2.37. The van der Waals surface area contributed by atoms with Gasteiger partial charge in [0.1, 0.15) is 10.9 Å². The molecule has 0 bridgehead atoms. The molecule has 34 heavy (non-hydrogen) atoms. The number of thiophene rings is 1. The van der Waals surface area contributed by atoms with Crippen LogP contribution in [0, 0.1) is 0 Å². The lowest BCUT2D eigenvalue weighted by molar-refractivity contribution is -0.00125. The second kappa shape index (κ2) is 9.35. The maximum atomic E-state index is 12.9.